The van der Waals surface area contributed by atoms with E-state index in [-0.39, 0.29) is 0 Å². The quantitative estimate of drug-likeness (QED) is 0.193. The fourth-order valence-electron chi connectivity index (χ4n) is 3.80. The molecular formula is C28H35BrN2. The molecule has 164 valence electrons. The highest BCUT2D eigenvalue weighted by Crippen LogP contribution is 2.28. The van der Waals surface area contributed by atoms with Crippen molar-refractivity contribution < 1.29 is 0 Å². The SMILES string of the molecule is CCCCCc1ccc(C(Br)Cc2ccc(-c3cnc(CCCCC)nc3)cc2)cc1. The zero-order valence-electron chi connectivity index (χ0n) is 19.0. The Morgan fingerprint density at radius 2 is 1.26 bits per heavy atom. The van der Waals surface area contributed by atoms with Crippen LogP contribution < -0.4 is 0 Å². The molecule has 0 N–H and O–H groups in total. The second-order valence-corrected chi connectivity index (χ2v) is 9.52. The van der Waals surface area contributed by atoms with Crippen LogP contribution in [-0.4, -0.2) is 9.97 Å². The van der Waals surface area contributed by atoms with Gasteiger partial charge >= 0.3 is 0 Å². The Morgan fingerprint density at radius 3 is 1.87 bits per heavy atom. The van der Waals surface area contributed by atoms with Crippen LogP contribution >= 0.6 is 15.9 Å². The lowest BCUT2D eigenvalue weighted by atomic mass is 9.99. The van der Waals surface area contributed by atoms with Crippen molar-refractivity contribution in [2.24, 2.45) is 0 Å². The molecule has 1 unspecified atom stereocenters. The monoisotopic (exact) mass is 478 g/mol. The van der Waals surface area contributed by atoms with Gasteiger partial charge in [0.05, 0.1) is 0 Å². The van der Waals surface area contributed by atoms with Crippen LogP contribution in [0.1, 0.15) is 79.7 Å². The van der Waals surface area contributed by atoms with Crippen LogP contribution in [-0.2, 0) is 19.3 Å². The van der Waals surface area contributed by atoms with Gasteiger partial charge in [-0.15, -0.1) is 0 Å². The van der Waals surface area contributed by atoms with Gasteiger partial charge in [-0.05, 0) is 47.9 Å². The van der Waals surface area contributed by atoms with Crippen molar-refractivity contribution in [1.82, 2.24) is 9.97 Å². The summed E-state index contributed by atoms with van der Waals surface area (Å²) >= 11 is 3.89. The normalized spacial score (nSPS) is 12.1. The van der Waals surface area contributed by atoms with E-state index in [1.807, 2.05) is 12.4 Å². The summed E-state index contributed by atoms with van der Waals surface area (Å²) in [6, 6.07) is 17.9. The first-order valence-electron chi connectivity index (χ1n) is 11.8. The summed E-state index contributed by atoms with van der Waals surface area (Å²) in [5, 5.41) is 0. The molecule has 1 atom stereocenters. The van der Waals surface area contributed by atoms with Gasteiger partial charge in [0.1, 0.15) is 5.82 Å². The molecule has 0 aliphatic heterocycles. The molecule has 0 radical (unpaired) electrons. The summed E-state index contributed by atoms with van der Waals surface area (Å²) < 4.78 is 0. The van der Waals surface area contributed by atoms with Crippen LogP contribution in [0, 0.1) is 0 Å². The molecule has 31 heavy (non-hydrogen) atoms. The molecule has 0 amide bonds. The number of hydrogen-bond acceptors (Lipinski definition) is 2. The van der Waals surface area contributed by atoms with Gasteiger partial charge in [-0.1, -0.05) is 104 Å². The fraction of sp³-hybridized carbons (Fsp3) is 0.429. The number of aromatic nitrogens is 2. The molecular weight excluding hydrogens is 444 g/mol. The van der Waals surface area contributed by atoms with Gasteiger partial charge in [-0.25, -0.2) is 9.97 Å². The number of rotatable bonds is 12. The standard InChI is InChI=1S/C28H35BrN2/c1-3-5-7-9-22-11-17-25(18-12-22)27(29)19-23-13-15-24(16-14-23)26-20-30-28(31-21-26)10-8-6-4-2/h11-18,20-21,27H,3-10,19H2,1-2H3. The van der Waals surface area contributed by atoms with Crippen molar-refractivity contribution in [2.45, 2.75) is 76.5 Å². The van der Waals surface area contributed by atoms with E-state index in [9.17, 15) is 0 Å². The van der Waals surface area contributed by atoms with Gasteiger partial charge in [0.2, 0.25) is 0 Å². The topological polar surface area (TPSA) is 25.8 Å². The molecule has 3 heteroatoms. The van der Waals surface area contributed by atoms with Crippen LogP contribution in [0.2, 0.25) is 0 Å². The van der Waals surface area contributed by atoms with Crippen LogP contribution in [0.25, 0.3) is 11.1 Å². The summed E-state index contributed by atoms with van der Waals surface area (Å²) in [5.41, 5.74) is 6.37. The molecule has 0 fully saturated rings. The van der Waals surface area contributed by atoms with E-state index in [0.717, 1.165) is 24.2 Å². The molecule has 3 rings (SSSR count). The largest absolute Gasteiger partial charge is 0.241 e. The first kappa shape index (κ1) is 23.7. The molecule has 0 saturated carbocycles. The van der Waals surface area contributed by atoms with E-state index >= 15 is 0 Å². The molecule has 2 nitrogen and oxygen atoms in total. The van der Waals surface area contributed by atoms with Crippen LogP contribution in [0.5, 0.6) is 0 Å². The minimum absolute atomic E-state index is 0.328. The lowest BCUT2D eigenvalue weighted by molar-refractivity contribution is 0.693. The Labute approximate surface area is 196 Å². The molecule has 0 spiro atoms. The van der Waals surface area contributed by atoms with Crippen LogP contribution in [0.4, 0.5) is 0 Å². The molecule has 0 saturated heterocycles. The Kier molecular flexibility index (Phi) is 9.74. The third kappa shape index (κ3) is 7.57. The van der Waals surface area contributed by atoms with Gasteiger partial charge in [0.15, 0.2) is 0 Å². The van der Waals surface area contributed by atoms with Crippen LogP contribution in [0.3, 0.4) is 0 Å². The van der Waals surface area contributed by atoms with Crippen LogP contribution in [0.15, 0.2) is 60.9 Å². The number of halogens is 1. The van der Waals surface area contributed by atoms with Gasteiger partial charge in [0, 0.05) is 29.2 Å². The second kappa shape index (κ2) is 12.8. The maximum absolute atomic E-state index is 4.55. The van der Waals surface area contributed by atoms with Gasteiger partial charge in [0.25, 0.3) is 0 Å². The number of benzene rings is 2. The van der Waals surface area contributed by atoms with E-state index < -0.39 is 0 Å². The lowest BCUT2D eigenvalue weighted by Gasteiger charge is -2.12. The first-order valence-corrected chi connectivity index (χ1v) is 12.7. The molecule has 2 aromatic carbocycles. The maximum atomic E-state index is 4.55. The Hall–Kier alpha value is -2.00. The summed E-state index contributed by atoms with van der Waals surface area (Å²) in [6.45, 7) is 4.47. The van der Waals surface area contributed by atoms with Gasteiger partial charge in [-0.2, -0.15) is 0 Å². The minimum atomic E-state index is 0.328. The van der Waals surface area contributed by atoms with Crippen molar-refractivity contribution in [3.63, 3.8) is 0 Å². The average molecular weight is 480 g/mol. The zero-order chi connectivity index (χ0) is 21.9. The first-order chi connectivity index (χ1) is 15.2. The molecule has 0 bridgehead atoms. The predicted octanol–water partition coefficient (Wildman–Crippen LogP) is 8.29. The summed E-state index contributed by atoms with van der Waals surface area (Å²) in [4.78, 5) is 9.43. The van der Waals surface area contributed by atoms with E-state index in [0.29, 0.717) is 4.83 Å². The number of alkyl halides is 1. The van der Waals surface area contributed by atoms with E-state index in [4.69, 9.17) is 0 Å². The fourth-order valence-corrected chi connectivity index (χ4v) is 4.48. The van der Waals surface area contributed by atoms with Crippen molar-refractivity contribution in [2.75, 3.05) is 0 Å². The van der Waals surface area contributed by atoms with E-state index in [2.05, 4.69) is 88.3 Å². The number of nitrogens with zero attached hydrogens (tertiary/aromatic N) is 2. The molecule has 1 heterocycles. The number of unbranched alkanes of at least 4 members (excludes halogenated alkanes) is 4. The Balaban J connectivity index is 1.55. The smallest absolute Gasteiger partial charge is 0.128 e. The second-order valence-electron chi connectivity index (χ2n) is 8.41. The van der Waals surface area contributed by atoms with Crippen molar-refractivity contribution in [3.05, 3.63) is 83.4 Å². The third-order valence-corrected chi connectivity index (χ3v) is 6.67. The zero-order valence-corrected chi connectivity index (χ0v) is 20.6. The number of aryl methyl sites for hydroxylation is 2. The molecule has 0 aliphatic carbocycles. The van der Waals surface area contributed by atoms with E-state index in [1.54, 1.807) is 0 Å². The molecule has 0 aliphatic rings. The van der Waals surface area contributed by atoms with E-state index in [1.165, 1.54) is 67.2 Å². The number of hydrogen-bond donors (Lipinski definition) is 0. The highest BCUT2D eigenvalue weighted by Gasteiger charge is 2.09. The van der Waals surface area contributed by atoms with Gasteiger partial charge < -0.3 is 0 Å². The Morgan fingerprint density at radius 1 is 0.677 bits per heavy atom. The predicted molar refractivity (Wildman–Crippen MR) is 136 cm³/mol. The summed E-state index contributed by atoms with van der Waals surface area (Å²) in [5.74, 6) is 0.951. The van der Waals surface area contributed by atoms with Crippen molar-refractivity contribution >= 4 is 15.9 Å². The highest BCUT2D eigenvalue weighted by molar-refractivity contribution is 9.09. The molecule has 1 aromatic heterocycles. The lowest BCUT2D eigenvalue weighted by Crippen LogP contribution is -1.97. The summed E-state index contributed by atoms with van der Waals surface area (Å²) in [7, 11) is 0. The van der Waals surface area contributed by atoms with Gasteiger partial charge in [-0.3, -0.25) is 0 Å². The highest BCUT2D eigenvalue weighted by atomic mass is 79.9. The third-order valence-electron chi connectivity index (χ3n) is 5.82. The van der Waals surface area contributed by atoms with Crippen molar-refractivity contribution in [1.29, 1.82) is 0 Å². The summed E-state index contributed by atoms with van der Waals surface area (Å²) in [6.07, 6.45) is 14.6. The molecule has 3 aromatic rings. The Bertz CT molecular complexity index is 886. The van der Waals surface area contributed by atoms with Crippen molar-refractivity contribution in [3.8, 4) is 11.1 Å². The minimum Gasteiger partial charge on any atom is -0.241 e. The maximum Gasteiger partial charge on any atom is 0.128 e. The average Bonchev–Trinajstić information content (AvgIpc) is 2.81.